The molecule has 1 amide bonds. The Morgan fingerprint density at radius 1 is 1.37 bits per heavy atom. The lowest BCUT2D eigenvalue weighted by atomic mass is 10.1. The van der Waals surface area contributed by atoms with Crippen LogP contribution in [0.15, 0.2) is 18.2 Å². The van der Waals surface area contributed by atoms with Gasteiger partial charge in [-0.25, -0.2) is 4.79 Å². The minimum absolute atomic E-state index is 0.217. The predicted molar refractivity (Wildman–Crippen MR) is 72.6 cm³/mol. The molecule has 0 aliphatic rings. The van der Waals surface area contributed by atoms with E-state index in [1.807, 2.05) is 0 Å². The Morgan fingerprint density at radius 2 is 2.05 bits per heavy atom. The van der Waals surface area contributed by atoms with Gasteiger partial charge in [-0.2, -0.15) is 0 Å². The molecular formula is C14H19NO4. The lowest BCUT2D eigenvalue weighted by Gasteiger charge is -2.20. The van der Waals surface area contributed by atoms with Crippen molar-refractivity contribution in [3.63, 3.8) is 0 Å². The van der Waals surface area contributed by atoms with Gasteiger partial charge in [0.15, 0.2) is 0 Å². The maximum atomic E-state index is 11.7. The first-order valence-electron chi connectivity index (χ1n) is 5.96. The van der Waals surface area contributed by atoms with Crippen LogP contribution in [0.3, 0.4) is 0 Å². The van der Waals surface area contributed by atoms with Gasteiger partial charge in [0, 0.05) is 12.5 Å². The molecule has 0 spiro atoms. The van der Waals surface area contributed by atoms with Gasteiger partial charge in [-0.1, -0.05) is 6.07 Å². The minimum atomic E-state index is -0.576. The summed E-state index contributed by atoms with van der Waals surface area (Å²) in [7, 11) is 1.53. The lowest BCUT2D eigenvalue weighted by molar-refractivity contribution is -0.107. The molecule has 0 radical (unpaired) electrons. The summed E-state index contributed by atoms with van der Waals surface area (Å²) in [5.41, 5.74) is 0.649. The fraction of sp³-hybridized carbons (Fsp3) is 0.429. The van der Waals surface area contributed by atoms with E-state index in [1.165, 1.54) is 7.11 Å². The topological polar surface area (TPSA) is 64.6 Å². The molecule has 0 aliphatic heterocycles. The zero-order valence-electron chi connectivity index (χ0n) is 11.6. The molecule has 19 heavy (non-hydrogen) atoms. The molecule has 1 rings (SSSR count). The second-order valence-corrected chi connectivity index (χ2v) is 5.02. The van der Waals surface area contributed by atoms with Gasteiger partial charge in [0.25, 0.3) is 0 Å². The van der Waals surface area contributed by atoms with Crippen LogP contribution in [0.5, 0.6) is 5.75 Å². The molecule has 0 fully saturated rings. The average molecular weight is 265 g/mol. The van der Waals surface area contributed by atoms with Crippen molar-refractivity contribution in [3.05, 3.63) is 23.8 Å². The molecule has 1 aromatic carbocycles. The van der Waals surface area contributed by atoms with Crippen molar-refractivity contribution in [2.75, 3.05) is 12.4 Å². The third-order valence-corrected chi connectivity index (χ3v) is 2.26. The zero-order chi connectivity index (χ0) is 14.5. The van der Waals surface area contributed by atoms with Crippen LogP contribution in [-0.2, 0) is 16.0 Å². The number of hydrogen-bond donors (Lipinski definition) is 1. The highest BCUT2D eigenvalue weighted by atomic mass is 16.6. The Labute approximate surface area is 112 Å². The summed E-state index contributed by atoms with van der Waals surface area (Å²) in [6.07, 6.45) is 0.435. The van der Waals surface area contributed by atoms with Gasteiger partial charge in [0.1, 0.15) is 17.6 Å². The highest BCUT2D eigenvalue weighted by molar-refractivity contribution is 5.87. The number of ether oxygens (including phenoxy) is 2. The maximum absolute atomic E-state index is 11.7. The number of benzene rings is 1. The molecule has 0 saturated carbocycles. The van der Waals surface area contributed by atoms with Crippen molar-refractivity contribution in [2.24, 2.45) is 0 Å². The molecule has 0 heterocycles. The number of amides is 1. The van der Waals surface area contributed by atoms with Crippen LogP contribution in [0.25, 0.3) is 0 Å². The largest absolute Gasteiger partial charge is 0.497 e. The van der Waals surface area contributed by atoms with Gasteiger partial charge in [-0.05, 0) is 32.4 Å². The van der Waals surface area contributed by atoms with E-state index in [0.717, 1.165) is 6.29 Å². The second-order valence-electron chi connectivity index (χ2n) is 5.02. The fourth-order valence-electron chi connectivity index (χ4n) is 1.48. The van der Waals surface area contributed by atoms with Gasteiger partial charge in [0.05, 0.1) is 12.8 Å². The summed E-state index contributed by atoms with van der Waals surface area (Å²) in [5, 5.41) is 2.63. The Balaban J connectivity index is 2.90. The molecule has 5 nitrogen and oxygen atoms in total. The highest BCUT2D eigenvalue weighted by Crippen LogP contribution is 2.23. The Hall–Kier alpha value is -2.04. The van der Waals surface area contributed by atoms with E-state index in [1.54, 1.807) is 39.0 Å². The molecule has 0 bridgehead atoms. The number of carbonyl (C=O) groups excluding carboxylic acids is 2. The molecule has 1 aromatic rings. The van der Waals surface area contributed by atoms with Crippen LogP contribution in [0.2, 0.25) is 0 Å². The Bertz CT molecular complexity index is 463. The summed E-state index contributed by atoms with van der Waals surface area (Å²) < 4.78 is 10.3. The predicted octanol–water partition coefficient (Wildman–Crippen LogP) is 2.78. The van der Waals surface area contributed by atoms with Crippen LogP contribution < -0.4 is 10.1 Å². The second kappa shape index (κ2) is 6.22. The molecule has 5 heteroatoms. The average Bonchev–Trinajstić information content (AvgIpc) is 2.29. The molecule has 0 saturated heterocycles. The van der Waals surface area contributed by atoms with Crippen molar-refractivity contribution in [2.45, 2.75) is 32.8 Å². The van der Waals surface area contributed by atoms with Crippen molar-refractivity contribution in [1.29, 1.82) is 0 Å². The number of aldehydes is 1. The summed E-state index contributed by atoms with van der Waals surface area (Å²) in [6, 6.07) is 5.13. The van der Waals surface area contributed by atoms with Gasteiger partial charge in [-0.15, -0.1) is 0 Å². The quantitative estimate of drug-likeness (QED) is 0.850. The fourth-order valence-corrected chi connectivity index (χ4v) is 1.48. The van der Waals surface area contributed by atoms with E-state index in [4.69, 9.17) is 9.47 Å². The number of nitrogens with one attached hydrogen (secondary N) is 1. The standard InChI is InChI=1S/C14H19NO4/c1-14(2,3)19-13(17)15-12-9-11(18-4)6-5-10(12)7-8-16/h5-6,8-9H,7H2,1-4H3,(H,15,17). The van der Waals surface area contributed by atoms with E-state index in [2.05, 4.69) is 5.32 Å². The van der Waals surface area contributed by atoms with Crippen LogP contribution >= 0.6 is 0 Å². The van der Waals surface area contributed by atoms with E-state index < -0.39 is 11.7 Å². The maximum Gasteiger partial charge on any atom is 0.412 e. The van der Waals surface area contributed by atoms with Gasteiger partial charge in [0.2, 0.25) is 0 Å². The number of carbonyl (C=O) groups is 2. The Morgan fingerprint density at radius 3 is 2.58 bits per heavy atom. The van der Waals surface area contributed by atoms with Crippen molar-refractivity contribution >= 4 is 18.1 Å². The van der Waals surface area contributed by atoms with Crippen LogP contribution in [-0.4, -0.2) is 25.1 Å². The third kappa shape index (κ3) is 4.99. The normalized spacial score (nSPS) is 10.7. The minimum Gasteiger partial charge on any atom is -0.497 e. The van der Waals surface area contributed by atoms with Gasteiger partial charge >= 0.3 is 6.09 Å². The first-order chi connectivity index (χ1) is 8.85. The molecular weight excluding hydrogens is 246 g/mol. The first kappa shape index (κ1) is 15.0. The van der Waals surface area contributed by atoms with Crippen LogP contribution in [0.1, 0.15) is 26.3 Å². The van der Waals surface area contributed by atoms with E-state index in [9.17, 15) is 9.59 Å². The summed E-state index contributed by atoms with van der Waals surface area (Å²) in [6.45, 7) is 5.35. The monoisotopic (exact) mass is 265 g/mol. The highest BCUT2D eigenvalue weighted by Gasteiger charge is 2.17. The van der Waals surface area contributed by atoms with E-state index in [0.29, 0.717) is 17.0 Å². The SMILES string of the molecule is COc1ccc(CC=O)c(NC(=O)OC(C)(C)C)c1. The lowest BCUT2D eigenvalue weighted by Crippen LogP contribution is -2.27. The van der Waals surface area contributed by atoms with Crippen molar-refractivity contribution in [3.8, 4) is 5.75 Å². The molecule has 0 aromatic heterocycles. The first-order valence-corrected chi connectivity index (χ1v) is 5.96. The number of rotatable bonds is 4. The smallest absolute Gasteiger partial charge is 0.412 e. The van der Waals surface area contributed by atoms with Gasteiger partial charge < -0.3 is 14.3 Å². The number of anilines is 1. The molecule has 0 atom stereocenters. The van der Waals surface area contributed by atoms with Crippen molar-refractivity contribution < 1.29 is 19.1 Å². The van der Waals surface area contributed by atoms with Crippen LogP contribution in [0.4, 0.5) is 10.5 Å². The van der Waals surface area contributed by atoms with Crippen molar-refractivity contribution in [1.82, 2.24) is 0 Å². The Kier molecular flexibility index (Phi) is 4.92. The number of hydrogen-bond acceptors (Lipinski definition) is 4. The van der Waals surface area contributed by atoms with Gasteiger partial charge in [-0.3, -0.25) is 5.32 Å². The van der Waals surface area contributed by atoms with Crippen LogP contribution in [0, 0.1) is 0 Å². The molecule has 1 N–H and O–H groups in total. The molecule has 0 aliphatic carbocycles. The number of methoxy groups -OCH3 is 1. The summed E-state index contributed by atoms with van der Waals surface area (Å²) in [5.74, 6) is 0.598. The summed E-state index contributed by atoms with van der Waals surface area (Å²) >= 11 is 0. The molecule has 0 unspecified atom stereocenters. The summed E-state index contributed by atoms with van der Waals surface area (Å²) in [4.78, 5) is 22.3. The molecule has 104 valence electrons. The third-order valence-electron chi connectivity index (χ3n) is 2.26. The van der Waals surface area contributed by atoms with E-state index in [-0.39, 0.29) is 6.42 Å². The van der Waals surface area contributed by atoms with E-state index >= 15 is 0 Å². The zero-order valence-corrected chi connectivity index (χ0v) is 11.6.